The molecule has 0 aliphatic carbocycles. The minimum atomic E-state index is -4.60. The predicted octanol–water partition coefficient (Wildman–Crippen LogP) is 1.48. The van der Waals surface area contributed by atoms with Crippen molar-refractivity contribution >= 4 is 21.8 Å². The average Bonchev–Trinajstić information content (AvgIpc) is 2.56. The molecular formula is C11H11F2NO3S. The van der Waals surface area contributed by atoms with Crippen LogP contribution in [0, 0.1) is 11.7 Å². The number of hydrogen-bond acceptors (Lipinski definition) is 3. The van der Waals surface area contributed by atoms with Gasteiger partial charge in [0.05, 0.1) is 5.75 Å². The number of carbonyl (C=O) groups excluding carboxylic acids is 1. The maximum absolute atomic E-state index is 13.0. The van der Waals surface area contributed by atoms with Gasteiger partial charge in [-0.2, -0.15) is 8.42 Å². The van der Waals surface area contributed by atoms with Crippen molar-refractivity contribution in [3.8, 4) is 0 Å². The smallest absolute Gasteiger partial charge is 0.302 e. The van der Waals surface area contributed by atoms with Gasteiger partial charge >= 0.3 is 10.2 Å². The number of halogens is 2. The van der Waals surface area contributed by atoms with Crippen LogP contribution in [0.1, 0.15) is 6.42 Å². The van der Waals surface area contributed by atoms with E-state index in [-0.39, 0.29) is 18.9 Å². The topological polar surface area (TPSA) is 54.5 Å². The molecule has 1 unspecified atom stereocenters. The first kappa shape index (κ1) is 12.9. The molecule has 1 aromatic rings. The molecule has 1 aromatic carbocycles. The highest BCUT2D eigenvalue weighted by Gasteiger charge is 2.33. The number of anilines is 1. The molecule has 1 aliphatic rings. The van der Waals surface area contributed by atoms with E-state index < -0.39 is 27.7 Å². The van der Waals surface area contributed by atoms with Crippen LogP contribution in [0.15, 0.2) is 24.3 Å². The summed E-state index contributed by atoms with van der Waals surface area (Å²) in [7, 11) is -4.60. The second-order valence-electron chi connectivity index (χ2n) is 4.26. The van der Waals surface area contributed by atoms with E-state index in [0.717, 1.165) is 0 Å². The highest BCUT2D eigenvalue weighted by atomic mass is 32.3. The van der Waals surface area contributed by atoms with E-state index in [4.69, 9.17) is 0 Å². The van der Waals surface area contributed by atoms with Crippen LogP contribution in [0.5, 0.6) is 0 Å². The predicted molar refractivity (Wildman–Crippen MR) is 61.8 cm³/mol. The number of amides is 1. The molecule has 0 N–H and O–H groups in total. The first-order valence-corrected chi connectivity index (χ1v) is 6.89. The molecule has 1 atom stereocenters. The summed E-state index contributed by atoms with van der Waals surface area (Å²) in [5, 5.41) is 0. The van der Waals surface area contributed by atoms with Crippen molar-refractivity contribution in [3.63, 3.8) is 0 Å². The van der Waals surface area contributed by atoms with Crippen molar-refractivity contribution in [1.29, 1.82) is 0 Å². The summed E-state index contributed by atoms with van der Waals surface area (Å²) < 4.78 is 46.6. The van der Waals surface area contributed by atoms with Gasteiger partial charge in [-0.1, -0.05) is 6.07 Å². The summed E-state index contributed by atoms with van der Waals surface area (Å²) in [4.78, 5) is 12.9. The molecule has 7 heteroatoms. The molecule has 1 saturated heterocycles. The van der Waals surface area contributed by atoms with E-state index in [1.165, 1.54) is 23.1 Å². The number of rotatable bonds is 3. The van der Waals surface area contributed by atoms with E-state index in [1.807, 2.05) is 0 Å². The SMILES string of the molecule is O=C1CC(CS(=O)(=O)F)CN1c1cccc(F)c1. The van der Waals surface area contributed by atoms with Crippen LogP contribution in [0.3, 0.4) is 0 Å². The first-order valence-electron chi connectivity index (χ1n) is 5.33. The molecule has 0 aromatic heterocycles. The molecule has 1 fully saturated rings. The molecule has 1 amide bonds. The molecule has 4 nitrogen and oxygen atoms in total. The zero-order valence-electron chi connectivity index (χ0n) is 9.34. The molecule has 0 radical (unpaired) electrons. The highest BCUT2D eigenvalue weighted by molar-refractivity contribution is 7.86. The minimum Gasteiger partial charge on any atom is -0.312 e. The Labute approximate surface area is 103 Å². The molecule has 98 valence electrons. The standard InChI is InChI=1S/C11H11F2NO3S/c12-9-2-1-3-10(5-9)14-6-8(4-11(14)15)7-18(13,16)17/h1-3,5,8H,4,6-7H2. The van der Waals surface area contributed by atoms with Gasteiger partial charge in [-0.3, -0.25) is 4.79 Å². The van der Waals surface area contributed by atoms with Crippen LogP contribution < -0.4 is 4.90 Å². The van der Waals surface area contributed by atoms with Gasteiger partial charge in [-0.25, -0.2) is 4.39 Å². The summed E-state index contributed by atoms with van der Waals surface area (Å²) in [6.45, 7) is 0.0887. The quantitative estimate of drug-likeness (QED) is 0.785. The van der Waals surface area contributed by atoms with Gasteiger partial charge in [-0.15, -0.1) is 3.89 Å². The number of hydrogen-bond donors (Lipinski definition) is 0. The van der Waals surface area contributed by atoms with Crippen molar-refractivity contribution in [1.82, 2.24) is 0 Å². The van der Waals surface area contributed by atoms with Crippen LogP contribution in [0.25, 0.3) is 0 Å². The Kier molecular flexibility index (Phi) is 3.34. The molecule has 1 heterocycles. The van der Waals surface area contributed by atoms with Gasteiger partial charge in [0.2, 0.25) is 5.91 Å². The third-order valence-corrected chi connectivity index (χ3v) is 3.63. The largest absolute Gasteiger partial charge is 0.312 e. The lowest BCUT2D eigenvalue weighted by molar-refractivity contribution is -0.117. The van der Waals surface area contributed by atoms with Gasteiger partial charge in [0.25, 0.3) is 0 Å². The number of nitrogens with zero attached hydrogens (tertiary/aromatic N) is 1. The number of carbonyl (C=O) groups is 1. The van der Waals surface area contributed by atoms with Crippen molar-refractivity contribution in [2.45, 2.75) is 6.42 Å². The lowest BCUT2D eigenvalue weighted by Gasteiger charge is -2.16. The molecular weight excluding hydrogens is 264 g/mol. The fourth-order valence-corrected chi connectivity index (χ4v) is 2.85. The van der Waals surface area contributed by atoms with E-state index in [9.17, 15) is 21.5 Å². The van der Waals surface area contributed by atoms with Crippen LogP contribution in [0.4, 0.5) is 14.0 Å². The number of benzene rings is 1. The third-order valence-electron chi connectivity index (χ3n) is 2.76. The van der Waals surface area contributed by atoms with E-state index in [0.29, 0.717) is 5.69 Å². The molecule has 0 spiro atoms. The Morgan fingerprint density at radius 3 is 2.72 bits per heavy atom. The zero-order valence-corrected chi connectivity index (χ0v) is 10.2. The summed E-state index contributed by atoms with van der Waals surface area (Å²) >= 11 is 0. The van der Waals surface area contributed by atoms with Crippen molar-refractivity contribution in [3.05, 3.63) is 30.1 Å². The van der Waals surface area contributed by atoms with Gasteiger partial charge in [-0.05, 0) is 18.2 Å². The maximum Gasteiger partial charge on any atom is 0.302 e. The fraction of sp³-hybridized carbons (Fsp3) is 0.364. The normalized spacial score (nSPS) is 20.4. The second kappa shape index (κ2) is 4.64. The summed E-state index contributed by atoms with van der Waals surface area (Å²) in [6.07, 6.45) is -0.0420. The Morgan fingerprint density at radius 1 is 1.39 bits per heavy atom. The van der Waals surface area contributed by atoms with Crippen LogP contribution in [-0.2, 0) is 15.0 Å². The van der Waals surface area contributed by atoms with E-state index in [2.05, 4.69) is 0 Å². The van der Waals surface area contributed by atoms with Crippen molar-refractivity contribution < 1.29 is 21.5 Å². The lowest BCUT2D eigenvalue weighted by Crippen LogP contribution is -2.25. The van der Waals surface area contributed by atoms with E-state index >= 15 is 0 Å². The highest BCUT2D eigenvalue weighted by Crippen LogP contribution is 2.26. The van der Waals surface area contributed by atoms with Gasteiger partial charge < -0.3 is 4.90 Å². The maximum atomic E-state index is 13.0. The molecule has 0 bridgehead atoms. The third kappa shape index (κ3) is 3.04. The molecule has 0 saturated carbocycles. The monoisotopic (exact) mass is 275 g/mol. The van der Waals surface area contributed by atoms with Crippen molar-refractivity contribution in [2.24, 2.45) is 5.92 Å². The van der Waals surface area contributed by atoms with E-state index in [1.54, 1.807) is 6.07 Å². The van der Waals surface area contributed by atoms with Gasteiger partial charge in [0, 0.05) is 24.6 Å². The van der Waals surface area contributed by atoms with Gasteiger partial charge in [0.15, 0.2) is 0 Å². The summed E-state index contributed by atoms with van der Waals surface area (Å²) in [6, 6.07) is 5.43. The Hall–Kier alpha value is -1.50. The summed E-state index contributed by atoms with van der Waals surface area (Å²) in [5.41, 5.74) is 0.360. The summed E-state index contributed by atoms with van der Waals surface area (Å²) in [5.74, 6) is -2.07. The molecule has 2 rings (SSSR count). The van der Waals surface area contributed by atoms with Crippen LogP contribution in [-0.4, -0.2) is 26.6 Å². The Balaban J connectivity index is 2.15. The van der Waals surface area contributed by atoms with Crippen LogP contribution in [0.2, 0.25) is 0 Å². The molecule has 18 heavy (non-hydrogen) atoms. The molecule has 1 aliphatic heterocycles. The first-order chi connectivity index (χ1) is 8.35. The second-order valence-corrected chi connectivity index (χ2v) is 5.67. The zero-order chi connectivity index (χ0) is 13.3. The van der Waals surface area contributed by atoms with Crippen molar-refractivity contribution in [2.75, 3.05) is 17.2 Å². The Bertz CT molecular complexity index is 573. The Morgan fingerprint density at radius 2 is 2.11 bits per heavy atom. The van der Waals surface area contributed by atoms with Gasteiger partial charge in [0.1, 0.15) is 5.82 Å². The average molecular weight is 275 g/mol. The minimum absolute atomic E-state index is 0.0420. The lowest BCUT2D eigenvalue weighted by atomic mass is 10.1. The fourth-order valence-electron chi connectivity index (χ4n) is 2.07. The van der Waals surface area contributed by atoms with Crippen LogP contribution >= 0.6 is 0 Å².